The van der Waals surface area contributed by atoms with Crippen LogP contribution in [0.5, 0.6) is 5.88 Å². The molecule has 8 heteroatoms. The summed E-state index contributed by atoms with van der Waals surface area (Å²) in [4.78, 5) is 9.29. The molecular weight excluding hydrogens is 448 g/mol. The van der Waals surface area contributed by atoms with E-state index in [2.05, 4.69) is 54.6 Å². The van der Waals surface area contributed by atoms with Gasteiger partial charge in [-0.1, -0.05) is 47.1 Å². The van der Waals surface area contributed by atoms with Crippen molar-refractivity contribution >= 4 is 21.7 Å². The van der Waals surface area contributed by atoms with E-state index in [9.17, 15) is 8.42 Å². The summed E-state index contributed by atoms with van der Waals surface area (Å²) in [6, 6.07) is 8.79. The molecule has 1 saturated carbocycles. The van der Waals surface area contributed by atoms with Crippen LogP contribution in [0.1, 0.15) is 78.3 Å². The van der Waals surface area contributed by atoms with E-state index < -0.39 is 10.0 Å². The fourth-order valence-corrected chi connectivity index (χ4v) is 6.10. The van der Waals surface area contributed by atoms with Crippen LogP contribution in [-0.4, -0.2) is 31.0 Å². The van der Waals surface area contributed by atoms with Gasteiger partial charge in [-0.3, -0.25) is 0 Å². The zero-order valence-corrected chi connectivity index (χ0v) is 21.8. The zero-order valence-electron chi connectivity index (χ0n) is 21.0. The Labute approximate surface area is 204 Å². The van der Waals surface area contributed by atoms with Crippen LogP contribution in [0.15, 0.2) is 35.2 Å². The SMILES string of the molecule is CC(C)C[C@@H]1COc2cc(C3CCCC(C(C)(C)C)C3)nc(n2)NS(=O)(=O)c2cccc(c2)N1. The third-order valence-corrected chi connectivity index (χ3v) is 8.29. The van der Waals surface area contributed by atoms with Gasteiger partial charge < -0.3 is 10.1 Å². The summed E-state index contributed by atoms with van der Waals surface area (Å²) < 4.78 is 35.1. The average Bonchev–Trinajstić information content (AvgIpc) is 2.76. The number of sulfonamides is 1. The number of anilines is 2. The lowest BCUT2D eigenvalue weighted by molar-refractivity contribution is 0.164. The molecule has 34 heavy (non-hydrogen) atoms. The van der Waals surface area contributed by atoms with Crippen molar-refractivity contribution in [2.45, 2.75) is 83.6 Å². The molecule has 1 fully saturated rings. The number of aromatic nitrogens is 2. The highest BCUT2D eigenvalue weighted by atomic mass is 32.2. The lowest BCUT2D eigenvalue weighted by atomic mass is 9.68. The fourth-order valence-electron chi connectivity index (χ4n) is 5.11. The van der Waals surface area contributed by atoms with E-state index in [4.69, 9.17) is 4.74 Å². The van der Waals surface area contributed by atoms with E-state index in [-0.39, 0.29) is 28.2 Å². The van der Waals surface area contributed by atoms with E-state index in [0.29, 0.717) is 24.3 Å². The molecule has 1 aliphatic heterocycles. The maximum absolute atomic E-state index is 13.2. The van der Waals surface area contributed by atoms with Gasteiger partial charge in [0.05, 0.1) is 16.6 Å². The summed E-state index contributed by atoms with van der Waals surface area (Å²) >= 11 is 0. The van der Waals surface area contributed by atoms with Crippen LogP contribution in [0.4, 0.5) is 11.6 Å². The first-order chi connectivity index (χ1) is 16.0. The second-order valence-electron chi connectivity index (χ2n) is 11.3. The van der Waals surface area contributed by atoms with Crippen molar-refractivity contribution in [2.75, 3.05) is 16.6 Å². The molecule has 1 aromatic heterocycles. The number of hydrogen-bond acceptors (Lipinski definition) is 6. The second-order valence-corrected chi connectivity index (χ2v) is 13.0. The molecule has 4 rings (SSSR count). The molecule has 3 atom stereocenters. The van der Waals surface area contributed by atoms with Crippen molar-refractivity contribution in [3.63, 3.8) is 0 Å². The van der Waals surface area contributed by atoms with Gasteiger partial charge in [0.1, 0.15) is 6.61 Å². The topological polar surface area (TPSA) is 93.2 Å². The van der Waals surface area contributed by atoms with Crippen molar-refractivity contribution in [3.05, 3.63) is 36.0 Å². The van der Waals surface area contributed by atoms with Crippen LogP contribution in [-0.2, 0) is 10.0 Å². The highest BCUT2D eigenvalue weighted by Gasteiger charge is 2.32. The van der Waals surface area contributed by atoms with Crippen LogP contribution in [0.2, 0.25) is 0 Å². The molecule has 7 nitrogen and oxygen atoms in total. The lowest BCUT2D eigenvalue weighted by Gasteiger charge is -2.37. The average molecular weight is 487 g/mol. The Morgan fingerprint density at radius 2 is 1.94 bits per heavy atom. The molecule has 2 heterocycles. The highest BCUT2D eigenvalue weighted by Crippen LogP contribution is 2.44. The van der Waals surface area contributed by atoms with E-state index in [1.54, 1.807) is 18.2 Å². The van der Waals surface area contributed by atoms with Gasteiger partial charge in [0.25, 0.3) is 10.0 Å². The van der Waals surface area contributed by atoms with Crippen molar-refractivity contribution in [1.29, 1.82) is 0 Å². The normalized spacial score (nSPS) is 24.7. The number of nitrogens with zero attached hydrogens (tertiary/aromatic N) is 2. The number of ether oxygens (including phenoxy) is 1. The molecule has 0 spiro atoms. The Bertz CT molecular complexity index is 1110. The lowest BCUT2D eigenvalue weighted by Crippen LogP contribution is -2.30. The van der Waals surface area contributed by atoms with Gasteiger partial charge in [-0.05, 0) is 61.1 Å². The van der Waals surface area contributed by atoms with Gasteiger partial charge >= 0.3 is 0 Å². The summed E-state index contributed by atoms with van der Waals surface area (Å²) in [7, 11) is -3.84. The van der Waals surface area contributed by atoms with Gasteiger partial charge in [0, 0.05) is 17.7 Å². The Hall–Kier alpha value is -2.35. The minimum absolute atomic E-state index is 0.0205. The van der Waals surface area contributed by atoms with Crippen molar-refractivity contribution in [1.82, 2.24) is 9.97 Å². The molecule has 2 aliphatic rings. The van der Waals surface area contributed by atoms with Gasteiger partial charge in [0.15, 0.2) is 0 Å². The second kappa shape index (κ2) is 9.72. The molecule has 0 radical (unpaired) electrons. The molecule has 1 aromatic carbocycles. The molecule has 2 aromatic rings. The molecule has 2 N–H and O–H groups in total. The van der Waals surface area contributed by atoms with Crippen LogP contribution < -0.4 is 14.8 Å². The minimum atomic E-state index is -3.84. The van der Waals surface area contributed by atoms with Gasteiger partial charge in [0.2, 0.25) is 11.8 Å². The van der Waals surface area contributed by atoms with Crippen LogP contribution in [0, 0.1) is 17.3 Å². The monoisotopic (exact) mass is 486 g/mol. The number of fused-ring (bicyclic) bond motifs is 4. The fraction of sp³-hybridized carbons (Fsp3) is 0.615. The predicted octanol–water partition coefficient (Wildman–Crippen LogP) is 5.82. The summed E-state index contributed by atoms with van der Waals surface area (Å²) in [5.41, 5.74) is 1.84. The summed E-state index contributed by atoms with van der Waals surface area (Å²) in [5, 5.41) is 3.45. The van der Waals surface area contributed by atoms with Crippen LogP contribution >= 0.6 is 0 Å². The van der Waals surface area contributed by atoms with Gasteiger partial charge in [-0.25, -0.2) is 18.1 Å². The number of hydrogen-bond donors (Lipinski definition) is 2. The Kier molecular flexibility index (Phi) is 7.08. The number of rotatable bonds is 3. The third-order valence-electron chi connectivity index (χ3n) is 6.97. The quantitative estimate of drug-likeness (QED) is 0.568. The van der Waals surface area contributed by atoms with Crippen molar-refractivity contribution in [3.8, 4) is 5.88 Å². The summed E-state index contributed by atoms with van der Waals surface area (Å²) in [5.74, 6) is 1.80. The highest BCUT2D eigenvalue weighted by molar-refractivity contribution is 7.92. The Morgan fingerprint density at radius 1 is 1.15 bits per heavy atom. The summed E-state index contributed by atoms with van der Waals surface area (Å²) in [6.45, 7) is 11.6. The third kappa shape index (κ3) is 6.01. The molecular formula is C26H38N4O3S. The van der Waals surface area contributed by atoms with Crippen molar-refractivity contribution in [2.24, 2.45) is 17.3 Å². The van der Waals surface area contributed by atoms with Crippen molar-refractivity contribution < 1.29 is 13.2 Å². The predicted molar refractivity (Wildman–Crippen MR) is 136 cm³/mol. The van der Waals surface area contributed by atoms with E-state index in [0.717, 1.165) is 37.1 Å². The largest absolute Gasteiger partial charge is 0.475 e. The summed E-state index contributed by atoms with van der Waals surface area (Å²) in [6.07, 6.45) is 5.31. The number of nitrogens with one attached hydrogen (secondary N) is 2. The first-order valence-corrected chi connectivity index (χ1v) is 13.9. The van der Waals surface area contributed by atoms with Gasteiger partial charge in [-0.2, -0.15) is 4.98 Å². The standard InChI is InChI=1S/C26H38N4O3S/c1-17(2)12-21-16-33-24-15-23(18-8-6-9-19(13-18)26(3,4)5)28-25(29-24)30-34(31,32)22-11-7-10-20(14-22)27-21/h7,10-11,14-15,17-19,21,27H,6,8-9,12-13,16H2,1-5H3,(H,28,29,30)/t18?,19?,21-/m1/s1. The first-order valence-electron chi connectivity index (χ1n) is 12.4. The molecule has 0 saturated heterocycles. The van der Waals surface area contributed by atoms with E-state index >= 15 is 0 Å². The van der Waals surface area contributed by atoms with E-state index in [1.165, 1.54) is 6.42 Å². The maximum Gasteiger partial charge on any atom is 0.264 e. The zero-order chi connectivity index (χ0) is 24.5. The molecule has 1 aliphatic carbocycles. The Morgan fingerprint density at radius 3 is 2.68 bits per heavy atom. The van der Waals surface area contributed by atoms with Crippen LogP contribution in [0.3, 0.4) is 0 Å². The minimum Gasteiger partial charge on any atom is -0.475 e. The molecule has 4 bridgehead atoms. The molecule has 2 unspecified atom stereocenters. The smallest absolute Gasteiger partial charge is 0.264 e. The van der Waals surface area contributed by atoms with Crippen LogP contribution in [0.25, 0.3) is 0 Å². The maximum atomic E-state index is 13.2. The number of benzene rings is 1. The van der Waals surface area contributed by atoms with E-state index in [1.807, 2.05) is 12.1 Å². The Balaban J connectivity index is 1.71. The molecule has 0 amide bonds. The molecule has 186 valence electrons. The van der Waals surface area contributed by atoms with Gasteiger partial charge in [-0.15, -0.1) is 0 Å². The first kappa shape index (κ1) is 24.8.